The van der Waals surface area contributed by atoms with E-state index in [1.165, 1.54) is 12.3 Å². The summed E-state index contributed by atoms with van der Waals surface area (Å²) < 4.78 is 4.95. The second-order valence-electron chi connectivity index (χ2n) is 5.76. The fourth-order valence-corrected chi connectivity index (χ4v) is 6.15. The summed E-state index contributed by atoms with van der Waals surface area (Å²) in [5.74, 6) is -0.225. The number of hydrogen-bond acceptors (Lipinski definition) is 2. The van der Waals surface area contributed by atoms with Crippen molar-refractivity contribution in [3.8, 4) is 0 Å². The molecule has 0 aliphatic rings. The molecule has 0 radical (unpaired) electrons. The van der Waals surface area contributed by atoms with E-state index in [0.29, 0.717) is 0 Å². The summed E-state index contributed by atoms with van der Waals surface area (Å²) in [6.45, 7) is 8.75. The summed E-state index contributed by atoms with van der Waals surface area (Å²) >= 11 is 0. The number of hydrogen-bond donors (Lipinski definition) is 0. The normalized spacial score (nSPS) is 15.1. The molecule has 0 spiro atoms. The molecule has 1 aromatic carbocycles. The van der Waals surface area contributed by atoms with Crippen molar-refractivity contribution in [2.75, 3.05) is 7.11 Å². The first-order chi connectivity index (χ1) is 9.45. The van der Waals surface area contributed by atoms with Gasteiger partial charge in [-0.2, -0.15) is 0 Å². The average molecular weight is 290 g/mol. The molecular weight excluding hydrogens is 264 g/mol. The zero-order valence-electron chi connectivity index (χ0n) is 13.2. The fraction of sp³-hybridized carbons (Fsp3) is 0.471. The number of benzene rings is 1. The number of esters is 1. The van der Waals surface area contributed by atoms with E-state index in [0.717, 1.165) is 6.42 Å². The Kier molecular flexibility index (Phi) is 6.21. The molecule has 0 saturated carbocycles. The van der Waals surface area contributed by atoms with E-state index in [9.17, 15) is 4.79 Å². The van der Waals surface area contributed by atoms with Crippen molar-refractivity contribution < 1.29 is 9.53 Å². The van der Waals surface area contributed by atoms with Gasteiger partial charge in [0.15, 0.2) is 0 Å². The number of carbonyl (C=O) groups is 1. The van der Waals surface area contributed by atoms with Gasteiger partial charge < -0.3 is 4.74 Å². The van der Waals surface area contributed by atoms with E-state index in [4.69, 9.17) is 4.74 Å². The van der Waals surface area contributed by atoms with Crippen LogP contribution in [0.3, 0.4) is 0 Å². The Bertz CT molecular complexity index is 451. The van der Waals surface area contributed by atoms with Gasteiger partial charge in [-0.25, -0.2) is 0 Å². The zero-order chi connectivity index (χ0) is 15.2. The molecule has 1 rings (SSSR count). The van der Waals surface area contributed by atoms with Gasteiger partial charge in [-0.3, -0.25) is 4.79 Å². The van der Waals surface area contributed by atoms with Gasteiger partial charge in [0.05, 0.1) is 21.1 Å². The first kappa shape index (κ1) is 16.7. The Labute approximate surface area is 123 Å². The van der Waals surface area contributed by atoms with Crippen LogP contribution in [0.15, 0.2) is 42.5 Å². The maximum absolute atomic E-state index is 12.0. The monoisotopic (exact) mass is 290 g/mol. The minimum atomic E-state index is -1.78. The minimum Gasteiger partial charge on any atom is -0.469 e. The highest BCUT2D eigenvalue weighted by molar-refractivity contribution is 6.91. The van der Waals surface area contributed by atoms with Gasteiger partial charge in [0.2, 0.25) is 0 Å². The molecule has 0 aromatic heterocycles. The van der Waals surface area contributed by atoms with Crippen LogP contribution in [0.25, 0.3) is 0 Å². The third kappa shape index (κ3) is 3.82. The predicted octanol–water partition coefficient (Wildman–Crippen LogP) is 3.75. The van der Waals surface area contributed by atoms with Crippen molar-refractivity contribution in [3.05, 3.63) is 42.5 Å². The van der Waals surface area contributed by atoms with Gasteiger partial charge in [-0.1, -0.05) is 74.6 Å². The largest absolute Gasteiger partial charge is 0.469 e. The molecule has 0 N–H and O–H groups in total. The Hall–Kier alpha value is -1.35. The van der Waals surface area contributed by atoms with Crippen LogP contribution in [-0.2, 0) is 9.53 Å². The van der Waals surface area contributed by atoms with Crippen molar-refractivity contribution >= 4 is 19.2 Å². The van der Waals surface area contributed by atoms with Crippen LogP contribution in [0, 0.1) is 5.92 Å². The van der Waals surface area contributed by atoms with E-state index in [1.807, 2.05) is 13.0 Å². The van der Waals surface area contributed by atoms with Gasteiger partial charge in [-0.15, -0.1) is 0 Å². The molecule has 0 saturated heterocycles. The Morgan fingerprint density at radius 3 is 2.40 bits per heavy atom. The molecule has 2 nitrogen and oxygen atoms in total. The highest BCUT2D eigenvalue weighted by Crippen LogP contribution is 2.32. The molecule has 0 amide bonds. The molecule has 0 heterocycles. The van der Waals surface area contributed by atoms with E-state index < -0.39 is 8.07 Å². The number of ether oxygens (including phenoxy) is 1. The lowest BCUT2D eigenvalue weighted by Crippen LogP contribution is -2.48. The van der Waals surface area contributed by atoms with Gasteiger partial charge in [-0.05, 0) is 12.0 Å². The second kappa shape index (κ2) is 7.43. The molecule has 1 aromatic rings. The van der Waals surface area contributed by atoms with Crippen LogP contribution in [0.2, 0.25) is 18.6 Å². The first-order valence-corrected chi connectivity index (χ1v) is 10.3. The highest BCUT2D eigenvalue weighted by Gasteiger charge is 2.38. The average Bonchev–Trinajstić information content (AvgIpc) is 2.47. The van der Waals surface area contributed by atoms with Crippen LogP contribution >= 0.6 is 0 Å². The molecule has 3 heteroatoms. The Morgan fingerprint density at radius 1 is 1.30 bits per heavy atom. The quantitative estimate of drug-likeness (QED) is 0.453. The molecule has 0 unspecified atom stereocenters. The lowest BCUT2D eigenvalue weighted by Gasteiger charge is -2.34. The summed E-state index contributed by atoms with van der Waals surface area (Å²) in [5.41, 5.74) is 0.247. The molecule has 0 bridgehead atoms. The van der Waals surface area contributed by atoms with Crippen molar-refractivity contribution in [1.82, 2.24) is 0 Å². The molecule has 0 aliphatic heterocycles. The maximum Gasteiger partial charge on any atom is 0.308 e. The van der Waals surface area contributed by atoms with E-state index in [-0.39, 0.29) is 17.4 Å². The highest BCUT2D eigenvalue weighted by atomic mass is 28.3. The number of allylic oxidation sites excluding steroid dienone is 2. The maximum atomic E-state index is 12.0. The smallest absolute Gasteiger partial charge is 0.308 e. The van der Waals surface area contributed by atoms with Crippen LogP contribution in [-0.4, -0.2) is 21.2 Å². The molecule has 20 heavy (non-hydrogen) atoms. The van der Waals surface area contributed by atoms with E-state index >= 15 is 0 Å². The van der Waals surface area contributed by atoms with Crippen LogP contribution in [0.4, 0.5) is 0 Å². The third-order valence-corrected chi connectivity index (χ3v) is 8.22. The molecular formula is C17H26O2Si. The van der Waals surface area contributed by atoms with Gasteiger partial charge in [0.25, 0.3) is 0 Å². The van der Waals surface area contributed by atoms with Crippen LogP contribution < -0.4 is 5.19 Å². The van der Waals surface area contributed by atoms with Crippen molar-refractivity contribution in [1.29, 1.82) is 0 Å². The minimum absolute atomic E-state index is 0.107. The number of carbonyl (C=O) groups excluding carboxylic acids is 1. The van der Waals surface area contributed by atoms with Gasteiger partial charge >= 0.3 is 5.97 Å². The third-order valence-electron chi connectivity index (χ3n) is 4.04. The summed E-state index contributed by atoms with van der Waals surface area (Å²) in [6.07, 6.45) is 5.38. The Balaban J connectivity index is 3.15. The fourth-order valence-electron chi connectivity index (χ4n) is 2.71. The second-order valence-corrected chi connectivity index (χ2v) is 10.4. The van der Waals surface area contributed by atoms with Crippen LogP contribution in [0.1, 0.15) is 20.3 Å². The standard InChI is InChI=1S/C17H26O2Si/c1-6-7-13-16(14(2)17(18)19-3)20(4,5)15-11-9-8-10-12-15/h7-14,16H,6H2,1-5H3/b13-7+/t14-,16-/m0/s1. The summed E-state index contributed by atoms with van der Waals surface area (Å²) in [7, 11) is -0.307. The molecule has 2 atom stereocenters. The van der Waals surface area contributed by atoms with Gasteiger partial charge in [0, 0.05) is 0 Å². The lowest BCUT2D eigenvalue weighted by molar-refractivity contribution is -0.144. The summed E-state index contributed by atoms with van der Waals surface area (Å²) in [6, 6.07) is 10.6. The van der Waals surface area contributed by atoms with Crippen molar-refractivity contribution in [2.24, 2.45) is 5.92 Å². The summed E-state index contributed by atoms with van der Waals surface area (Å²) in [4.78, 5) is 12.0. The number of rotatable bonds is 6. The topological polar surface area (TPSA) is 26.3 Å². The number of methoxy groups -OCH3 is 1. The van der Waals surface area contributed by atoms with Crippen molar-refractivity contribution in [3.63, 3.8) is 0 Å². The lowest BCUT2D eigenvalue weighted by atomic mass is 10.1. The van der Waals surface area contributed by atoms with Gasteiger partial charge in [0.1, 0.15) is 0 Å². The first-order valence-electron chi connectivity index (χ1n) is 7.25. The molecule has 0 aliphatic carbocycles. The zero-order valence-corrected chi connectivity index (χ0v) is 14.2. The van der Waals surface area contributed by atoms with E-state index in [2.05, 4.69) is 56.4 Å². The van der Waals surface area contributed by atoms with Crippen LogP contribution in [0.5, 0.6) is 0 Å². The van der Waals surface area contributed by atoms with E-state index in [1.54, 1.807) is 0 Å². The molecule has 0 fully saturated rings. The summed E-state index contributed by atoms with van der Waals surface area (Å²) in [5, 5.41) is 1.38. The Morgan fingerprint density at radius 2 is 1.90 bits per heavy atom. The van der Waals surface area contributed by atoms with Crippen molar-refractivity contribution in [2.45, 2.75) is 38.9 Å². The SMILES string of the molecule is CC/C=C/[C@@H]([C@H](C)C(=O)OC)[Si](C)(C)c1ccccc1. The molecule has 110 valence electrons. The predicted molar refractivity (Wildman–Crippen MR) is 87.9 cm³/mol.